The van der Waals surface area contributed by atoms with Crippen molar-refractivity contribution in [1.29, 1.82) is 0 Å². The first-order valence-electron chi connectivity index (χ1n) is 8.19. The number of sulfonamides is 1. The molecule has 7 nitrogen and oxygen atoms in total. The minimum atomic E-state index is -3.39. The van der Waals surface area contributed by atoms with Crippen LogP contribution < -0.4 is 20.1 Å². The van der Waals surface area contributed by atoms with Crippen LogP contribution in [0.15, 0.2) is 18.2 Å². The number of carbonyl (C=O) groups excluding carboxylic acids is 1. The van der Waals surface area contributed by atoms with Crippen LogP contribution in [0.3, 0.4) is 0 Å². The highest BCUT2D eigenvalue weighted by molar-refractivity contribution is 7.92. The van der Waals surface area contributed by atoms with Crippen LogP contribution in [0.4, 0.5) is 16.2 Å². The Morgan fingerprint density at radius 1 is 1.25 bits per heavy atom. The summed E-state index contributed by atoms with van der Waals surface area (Å²) >= 11 is 0. The Morgan fingerprint density at radius 3 is 2.58 bits per heavy atom. The molecule has 1 fully saturated rings. The number of hydrogen-bond donors (Lipinski definition) is 3. The first-order valence-corrected chi connectivity index (χ1v) is 9.85. The van der Waals surface area contributed by atoms with Gasteiger partial charge in [-0.1, -0.05) is 19.3 Å². The van der Waals surface area contributed by atoms with Gasteiger partial charge in [0.15, 0.2) is 0 Å². The van der Waals surface area contributed by atoms with E-state index in [1.165, 1.54) is 13.5 Å². The van der Waals surface area contributed by atoms with Gasteiger partial charge < -0.3 is 15.4 Å². The van der Waals surface area contributed by atoms with Crippen molar-refractivity contribution in [3.63, 3.8) is 0 Å². The molecule has 1 aromatic carbocycles. The van der Waals surface area contributed by atoms with Gasteiger partial charge in [0.1, 0.15) is 5.75 Å². The van der Waals surface area contributed by atoms with E-state index in [4.69, 9.17) is 4.74 Å². The molecule has 0 radical (unpaired) electrons. The van der Waals surface area contributed by atoms with Crippen LogP contribution in [0.2, 0.25) is 0 Å². The second kappa shape index (κ2) is 8.23. The summed E-state index contributed by atoms with van der Waals surface area (Å²) in [6.07, 6.45) is 5.53. The monoisotopic (exact) mass is 355 g/mol. The quantitative estimate of drug-likeness (QED) is 0.731. The molecule has 2 amide bonds. The highest BCUT2D eigenvalue weighted by Crippen LogP contribution is 2.29. The number of anilines is 2. The van der Waals surface area contributed by atoms with Gasteiger partial charge in [-0.15, -0.1) is 0 Å². The van der Waals surface area contributed by atoms with Crippen LogP contribution in [0, 0.1) is 0 Å². The lowest BCUT2D eigenvalue weighted by Crippen LogP contribution is -2.39. The number of ether oxygens (including phenoxy) is 1. The van der Waals surface area contributed by atoms with Gasteiger partial charge in [-0.2, -0.15) is 0 Å². The predicted molar refractivity (Wildman–Crippen MR) is 95.1 cm³/mol. The average Bonchev–Trinajstić information content (AvgIpc) is 2.57. The molecule has 2 rings (SSSR count). The number of hydrogen-bond acceptors (Lipinski definition) is 4. The van der Waals surface area contributed by atoms with Gasteiger partial charge >= 0.3 is 6.03 Å². The van der Waals surface area contributed by atoms with E-state index in [0.29, 0.717) is 17.1 Å². The van der Waals surface area contributed by atoms with Gasteiger partial charge in [0.05, 0.1) is 18.6 Å². The molecule has 0 atom stereocenters. The summed E-state index contributed by atoms with van der Waals surface area (Å²) in [4.78, 5) is 12.1. The van der Waals surface area contributed by atoms with Gasteiger partial charge in [-0.25, -0.2) is 13.2 Å². The highest BCUT2D eigenvalue weighted by Gasteiger charge is 2.16. The van der Waals surface area contributed by atoms with Crippen LogP contribution in [0.25, 0.3) is 0 Å². The summed E-state index contributed by atoms with van der Waals surface area (Å²) in [6.45, 7) is 1.56. The average molecular weight is 355 g/mol. The molecule has 134 valence electrons. The van der Waals surface area contributed by atoms with E-state index >= 15 is 0 Å². The minimum Gasteiger partial charge on any atom is -0.494 e. The molecule has 1 saturated carbocycles. The molecule has 0 aromatic heterocycles. The highest BCUT2D eigenvalue weighted by atomic mass is 32.2. The second-order valence-corrected chi connectivity index (χ2v) is 7.86. The number of methoxy groups -OCH3 is 1. The Morgan fingerprint density at radius 2 is 1.96 bits per heavy atom. The standard InChI is InChI=1S/C16H25N3O4S/c1-3-24(21,22)19-14-10-9-13(11-15(14)23-2)18-16(20)17-12-7-5-4-6-8-12/h9-12,19H,3-8H2,1-2H3,(H2,17,18,20). The maximum atomic E-state index is 12.1. The Hall–Kier alpha value is -1.96. The van der Waals surface area contributed by atoms with Crippen LogP contribution in [0.1, 0.15) is 39.0 Å². The Bertz CT molecular complexity index is 670. The van der Waals surface area contributed by atoms with Crippen molar-refractivity contribution >= 4 is 27.4 Å². The lowest BCUT2D eigenvalue weighted by molar-refractivity contribution is 0.244. The van der Waals surface area contributed by atoms with Crippen molar-refractivity contribution in [3.05, 3.63) is 18.2 Å². The third kappa shape index (κ3) is 5.30. The van der Waals surface area contributed by atoms with E-state index in [-0.39, 0.29) is 17.8 Å². The number of amides is 2. The molecule has 1 aromatic rings. The fraction of sp³-hybridized carbons (Fsp3) is 0.562. The van der Waals surface area contributed by atoms with Gasteiger partial charge in [0.25, 0.3) is 0 Å². The summed E-state index contributed by atoms with van der Waals surface area (Å²) in [5.41, 5.74) is 0.886. The molecule has 0 unspecified atom stereocenters. The van der Waals surface area contributed by atoms with Crippen molar-refractivity contribution in [2.24, 2.45) is 0 Å². The second-order valence-electron chi connectivity index (χ2n) is 5.85. The zero-order chi connectivity index (χ0) is 17.6. The molecule has 0 saturated heterocycles. The minimum absolute atomic E-state index is 0.0278. The first kappa shape index (κ1) is 18.4. The molecule has 3 N–H and O–H groups in total. The van der Waals surface area contributed by atoms with Gasteiger partial charge in [0, 0.05) is 17.8 Å². The van der Waals surface area contributed by atoms with Gasteiger partial charge in [0.2, 0.25) is 10.0 Å². The number of benzene rings is 1. The predicted octanol–water partition coefficient (Wildman–Crippen LogP) is 2.91. The molecule has 24 heavy (non-hydrogen) atoms. The summed E-state index contributed by atoms with van der Waals surface area (Å²) < 4.78 is 31.0. The number of nitrogens with one attached hydrogen (secondary N) is 3. The Labute approximate surface area is 143 Å². The van der Waals surface area contributed by atoms with Crippen molar-refractivity contribution in [1.82, 2.24) is 5.32 Å². The van der Waals surface area contributed by atoms with Crippen LogP contribution in [-0.2, 0) is 10.0 Å². The number of urea groups is 1. The molecule has 1 aliphatic carbocycles. The number of rotatable bonds is 6. The summed E-state index contributed by atoms with van der Waals surface area (Å²) in [5.74, 6) is 0.322. The zero-order valence-electron chi connectivity index (χ0n) is 14.1. The fourth-order valence-electron chi connectivity index (χ4n) is 2.69. The van der Waals surface area contributed by atoms with E-state index in [9.17, 15) is 13.2 Å². The van der Waals surface area contributed by atoms with E-state index in [1.807, 2.05) is 0 Å². The molecule has 8 heteroatoms. The van der Waals surface area contributed by atoms with Crippen molar-refractivity contribution in [3.8, 4) is 5.75 Å². The lowest BCUT2D eigenvalue weighted by atomic mass is 9.96. The molecule has 0 heterocycles. The fourth-order valence-corrected chi connectivity index (χ4v) is 3.34. The summed E-state index contributed by atoms with van der Waals surface area (Å²) in [7, 11) is -1.94. The van der Waals surface area contributed by atoms with E-state index in [2.05, 4.69) is 15.4 Å². The largest absolute Gasteiger partial charge is 0.494 e. The maximum absolute atomic E-state index is 12.1. The first-order chi connectivity index (χ1) is 11.4. The van der Waals surface area contributed by atoms with Crippen LogP contribution in [-0.4, -0.2) is 33.4 Å². The topological polar surface area (TPSA) is 96.5 Å². The molecule has 0 aliphatic heterocycles. The van der Waals surface area contributed by atoms with Crippen molar-refractivity contribution in [2.45, 2.75) is 45.1 Å². The smallest absolute Gasteiger partial charge is 0.319 e. The van der Waals surface area contributed by atoms with Gasteiger partial charge in [-0.3, -0.25) is 4.72 Å². The van der Waals surface area contributed by atoms with E-state index in [0.717, 1.165) is 25.7 Å². The third-order valence-corrected chi connectivity index (χ3v) is 5.34. The molecular weight excluding hydrogens is 330 g/mol. The Balaban J connectivity index is 2.01. The van der Waals surface area contributed by atoms with Crippen LogP contribution in [0.5, 0.6) is 5.75 Å². The van der Waals surface area contributed by atoms with E-state index in [1.54, 1.807) is 25.1 Å². The van der Waals surface area contributed by atoms with E-state index < -0.39 is 10.0 Å². The SMILES string of the molecule is CCS(=O)(=O)Nc1ccc(NC(=O)NC2CCCCC2)cc1OC. The lowest BCUT2D eigenvalue weighted by Gasteiger charge is -2.23. The van der Waals surface area contributed by atoms with Gasteiger partial charge in [-0.05, 0) is 31.9 Å². The molecule has 0 spiro atoms. The normalized spacial score (nSPS) is 15.6. The molecular formula is C16H25N3O4S. The third-order valence-electron chi connectivity index (χ3n) is 4.05. The zero-order valence-corrected chi connectivity index (χ0v) is 14.9. The van der Waals surface area contributed by atoms with Crippen molar-refractivity contribution < 1.29 is 17.9 Å². The summed E-state index contributed by atoms with van der Waals surface area (Å²) in [6, 6.07) is 4.76. The summed E-state index contributed by atoms with van der Waals surface area (Å²) in [5, 5.41) is 5.73. The number of carbonyl (C=O) groups is 1. The molecule has 1 aliphatic rings. The van der Waals surface area contributed by atoms with Crippen LogP contribution >= 0.6 is 0 Å². The maximum Gasteiger partial charge on any atom is 0.319 e. The Kier molecular flexibility index (Phi) is 6.30. The van der Waals surface area contributed by atoms with Crippen molar-refractivity contribution in [2.75, 3.05) is 22.9 Å². The molecule has 0 bridgehead atoms.